The molecule has 2 aromatic rings. The molecule has 2 N–H and O–H groups in total. The molecule has 2 aliphatic heterocycles. The van der Waals surface area contributed by atoms with Crippen LogP contribution in [0, 0.1) is 20.8 Å². The monoisotopic (exact) mass is 510 g/mol. The van der Waals surface area contributed by atoms with E-state index in [1.165, 1.54) is 0 Å². The Kier molecular flexibility index (Phi) is 7.66. The highest BCUT2D eigenvalue weighted by atomic mass is 32.2. The number of phenolic OH excluding ortho intramolecular Hbond substituents is 1. The van der Waals surface area contributed by atoms with Gasteiger partial charge in [0.1, 0.15) is 29.5 Å². The molecule has 1 fully saturated rings. The van der Waals surface area contributed by atoms with Crippen molar-refractivity contribution in [1.29, 1.82) is 0 Å². The van der Waals surface area contributed by atoms with E-state index < -0.39 is 0 Å². The molecular weight excluding hydrogens is 476 g/mol. The van der Waals surface area contributed by atoms with Crippen LogP contribution in [0.2, 0.25) is 0 Å². The van der Waals surface area contributed by atoms with Crippen LogP contribution in [0.3, 0.4) is 0 Å². The van der Waals surface area contributed by atoms with Crippen molar-refractivity contribution in [3.63, 3.8) is 0 Å². The number of aromatic hydroxyl groups is 1. The fourth-order valence-electron chi connectivity index (χ4n) is 4.75. The first-order valence-corrected chi connectivity index (χ1v) is 13.1. The van der Waals surface area contributed by atoms with Crippen molar-refractivity contribution < 1.29 is 24.2 Å². The zero-order valence-corrected chi connectivity index (χ0v) is 22.4. The Balaban J connectivity index is 1.33. The number of fused-ring (bicyclic) bond motifs is 1. The molecule has 2 aliphatic rings. The summed E-state index contributed by atoms with van der Waals surface area (Å²) in [6, 6.07) is 7.48. The molecule has 0 spiro atoms. The Morgan fingerprint density at radius 3 is 2.53 bits per heavy atom. The molecular formula is C28H34N2O5S. The lowest BCUT2D eigenvalue weighted by atomic mass is 9.87. The van der Waals surface area contributed by atoms with Crippen LogP contribution in [0.15, 0.2) is 29.2 Å². The van der Waals surface area contributed by atoms with Gasteiger partial charge in [0.25, 0.3) is 11.1 Å². The van der Waals surface area contributed by atoms with Crippen LogP contribution in [0.5, 0.6) is 17.2 Å². The highest BCUT2D eigenvalue weighted by molar-refractivity contribution is 8.18. The smallest absolute Gasteiger partial charge is 0.290 e. The minimum absolute atomic E-state index is 0.315. The average molecular weight is 511 g/mol. The molecule has 8 heteroatoms. The minimum Gasteiger partial charge on any atom is -0.507 e. The Morgan fingerprint density at radius 2 is 1.89 bits per heavy atom. The number of amides is 2. The fourth-order valence-corrected chi connectivity index (χ4v) is 5.44. The number of nitrogens with one attached hydrogen (secondary N) is 1. The molecule has 2 heterocycles. The third-order valence-corrected chi connectivity index (χ3v) is 7.90. The van der Waals surface area contributed by atoms with E-state index in [1.54, 1.807) is 6.08 Å². The number of rotatable bonds is 8. The van der Waals surface area contributed by atoms with Gasteiger partial charge in [-0.25, -0.2) is 0 Å². The van der Waals surface area contributed by atoms with Gasteiger partial charge in [-0.2, -0.15) is 0 Å². The molecule has 192 valence electrons. The van der Waals surface area contributed by atoms with Gasteiger partial charge in [-0.1, -0.05) is 19.1 Å². The predicted molar refractivity (Wildman–Crippen MR) is 143 cm³/mol. The molecule has 7 nitrogen and oxygen atoms in total. The number of imide groups is 1. The Morgan fingerprint density at radius 1 is 1.17 bits per heavy atom. The van der Waals surface area contributed by atoms with Gasteiger partial charge < -0.3 is 14.6 Å². The van der Waals surface area contributed by atoms with Crippen LogP contribution >= 0.6 is 11.8 Å². The highest BCUT2D eigenvalue weighted by Gasteiger charge is 2.35. The second-order valence-corrected chi connectivity index (χ2v) is 10.7. The van der Waals surface area contributed by atoms with Gasteiger partial charge >= 0.3 is 0 Å². The summed E-state index contributed by atoms with van der Waals surface area (Å²) >= 11 is 0.908. The summed E-state index contributed by atoms with van der Waals surface area (Å²) in [5, 5.41) is 12.4. The standard InChI is InChI=1S/C28H34N2O5S/c1-6-30(16-28(5)12-11-22-19(4)24(31)17(2)18(3)25(22)35-28)13-14-34-21-9-7-20(8-10-21)15-23-26(32)29-27(33)36-23/h7-10,15,31H,6,11-14,16H2,1-5H3,(H,29,32,33)/b23-15-. The molecule has 1 unspecified atom stereocenters. The molecule has 1 saturated heterocycles. The number of thioether (sulfide) groups is 1. The van der Waals surface area contributed by atoms with Crippen molar-refractivity contribution in [2.24, 2.45) is 0 Å². The number of carbonyl (C=O) groups is 2. The summed E-state index contributed by atoms with van der Waals surface area (Å²) in [5.41, 5.74) is 4.47. The molecule has 2 amide bonds. The van der Waals surface area contributed by atoms with Crippen LogP contribution in [0.1, 0.15) is 48.1 Å². The molecule has 0 aliphatic carbocycles. The number of hydrogen-bond donors (Lipinski definition) is 2. The van der Waals surface area contributed by atoms with E-state index in [0.717, 1.165) is 83.6 Å². The number of nitrogens with zero attached hydrogens (tertiary/aromatic N) is 1. The summed E-state index contributed by atoms with van der Waals surface area (Å²) < 4.78 is 12.6. The van der Waals surface area contributed by atoms with Gasteiger partial charge in [0.15, 0.2) is 0 Å². The highest BCUT2D eigenvalue weighted by Crippen LogP contribution is 2.43. The summed E-state index contributed by atoms with van der Waals surface area (Å²) in [6.07, 6.45) is 3.47. The lowest BCUT2D eigenvalue weighted by molar-refractivity contribution is -0.115. The van der Waals surface area contributed by atoms with Crippen LogP contribution in [-0.2, 0) is 11.2 Å². The number of likely N-dealkylation sites (N-methyl/N-ethyl adjacent to an activating group) is 1. The van der Waals surface area contributed by atoms with E-state index in [0.29, 0.717) is 17.3 Å². The topological polar surface area (TPSA) is 88.1 Å². The summed E-state index contributed by atoms with van der Waals surface area (Å²) in [4.78, 5) is 25.7. The normalized spacial score (nSPS) is 20.4. The van der Waals surface area contributed by atoms with E-state index in [4.69, 9.17) is 9.47 Å². The van der Waals surface area contributed by atoms with Crippen LogP contribution in [0.25, 0.3) is 6.08 Å². The minimum atomic E-state index is -0.359. The van der Waals surface area contributed by atoms with Crippen molar-refractivity contribution in [2.75, 3.05) is 26.2 Å². The van der Waals surface area contributed by atoms with E-state index in [2.05, 4.69) is 24.1 Å². The van der Waals surface area contributed by atoms with E-state index in [1.807, 2.05) is 45.0 Å². The maximum atomic E-state index is 11.7. The van der Waals surface area contributed by atoms with E-state index in [9.17, 15) is 14.7 Å². The third kappa shape index (κ3) is 5.55. The molecule has 4 rings (SSSR count). The molecule has 0 aromatic heterocycles. The number of carbonyl (C=O) groups excluding carboxylic acids is 2. The second kappa shape index (κ2) is 10.6. The predicted octanol–water partition coefficient (Wildman–Crippen LogP) is 5.13. The maximum absolute atomic E-state index is 11.7. The Labute approximate surface area is 216 Å². The lowest BCUT2D eigenvalue weighted by Crippen LogP contribution is -2.48. The van der Waals surface area contributed by atoms with Gasteiger partial charge in [0, 0.05) is 18.7 Å². The second-order valence-electron chi connectivity index (χ2n) is 9.72. The van der Waals surface area contributed by atoms with Gasteiger partial charge in [-0.05, 0) is 99.3 Å². The molecule has 0 saturated carbocycles. The first-order valence-electron chi connectivity index (χ1n) is 12.3. The van der Waals surface area contributed by atoms with Crippen molar-refractivity contribution in [3.05, 3.63) is 57.0 Å². The van der Waals surface area contributed by atoms with Gasteiger partial charge in [-0.3, -0.25) is 19.8 Å². The number of ether oxygens (including phenoxy) is 2. The molecule has 0 bridgehead atoms. The van der Waals surface area contributed by atoms with Crippen molar-refractivity contribution in [2.45, 2.75) is 53.1 Å². The fraction of sp³-hybridized carbons (Fsp3) is 0.429. The van der Waals surface area contributed by atoms with Crippen molar-refractivity contribution in [3.8, 4) is 17.2 Å². The molecule has 0 radical (unpaired) electrons. The molecule has 1 atom stereocenters. The number of benzene rings is 2. The zero-order valence-electron chi connectivity index (χ0n) is 21.6. The molecule has 36 heavy (non-hydrogen) atoms. The summed E-state index contributed by atoms with van der Waals surface area (Å²) in [6.45, 7) is 13.2. The van der Waals surface area contributed by atoms with Crippen LogP contribution in [-0.4, -0.2) is 53.0 Å². The Hall–Kier alpha value is -2.97. The Bertz CT molecular complexity index is 1210. The van der Waals surface area contributed by atoms with E-state index >= 15 is 0 Å². The number of phenols is 1. The van der Waals surface area contributed by atoms with Crippen molar-refractivity contribution in [1.82, 2.24) is 10.2 Å². The molecule has 2 aromatic carbocycles. The first kappa shape index (κ1) is 26.1. The summed E-state index contributed by atoms with van der Waals surface area (Å²) in [5.74, 6) is 1.70. The van der Waals surface area contributed by atoms with Gasteiger partial charge in [0.2, 0.25) is 0 Å². The largest absolute Gasteiger partial charge is 0.507 e. The van der Waals surface area contributed by atoms with Crippen LogP contribution < -0.4 is 14.8 Å². The zero-order chi connectivity index (χ0) is 26.0. The third-order valence-electron chi connectivity index (χ3n) is 7.09. The lowest BCUT2D eigenvalue weighted by Gasteiger charge is -2.40. The van der Waals surface area contributed by atoms with Crippen LogP contribution in [0.4, 0.5) is 4.79 Å². The number of hydrogen-bond acceptors (Lipinski definition) is 7. The average Bonchev–Trinajstić information content (AvgIpc) is 3.17. The quantitative estimate of drug-likeness (QED) is 0.476. The van der Waals surface area contributed by atoms with Gasteiger partial charge in [-0.15, -0.1) is 0 Å². The maximum Gasteiger partial charge on any atom is 0.290 e. The summed E-state index contributed by atoms with van der Waals surface area (Å²) in [7, 11) is 0. The SMILES string of the molecule is CCN(CCOc1ccc(/C=C2\SC(=O)NC2=O)cc1)CC1(C)CCc2c(C)c(O)c(C)c(C)c2O1. The first-order chi connectivity index (χ1) is 17.1. The van der Waals surface area contributed by atoms with Crippen molar-refractivity contribution >= 4 is 29.0 Å². The van der Waals surface area contributed by atoms with E-state index in [-0.39, 0.29) is 16.7 Å². The van der Waals surface area contributed by atoms with Gasteiger partial charge in [0.05, 0.1) is 4.91 Å².